The van der Waals surface area contributed by atoms with Gasteiger partial charge in [-0.05, 0) is 74.3 Å². The number of carbonyl (C=O) groups is 1. The molecule has 9 heteroatoms. The number of hydrogen-bond donors (Lipinski definition) is 0. The van der Waals surface area contributed by atoms with E-state index in [1.54, 1.807) is 14.2 Å². The number of benzene rings is 2. The fraction of sp³-hybridized carbons (Fsp3) is 0.500. The van der Waals surface area contributed by atoms with E-state index in [1.165, 1.54) is 0 Å². The minimum Gasteiger partial charge on any atom is -0.541 e. The second-order valence-electron chi connectivity index (χ2n) is 13.0. The first kappa shape index (κ1) is 32.1. The van der Waals surface area contributed by atoms with Gasteiger partial charge in [0.2, 0.25) is 5.62 Å². The number of ether oxygens (including phenoxy) is 3. The average molecular weight is 582 g/mol. The Kier molecular flexibility index (Phi) is 9.53. The normalized spacial score (nSPS) is 12.8. The van der Waals surface area contributed by atoms with Crippen molar-refractivity contribution in [3.8, 4) is 17.2 Å². The second-order valence-corrected chi connectivity index (χ2v) is 17.7. The molecular formula is C32H47N3O5Si. The average Bonchev–Trinajstić information content (AvgIpc) is 3.06. The summed E-state index contributed by atoms with van der Waals surface area (Å²) >= 11 is 0. The third-order valence-corrected chi connectivity index (χ3v) is 12.0. The summed E-state index contributed by atoms with van der Waals surface area (Å²) in [6, 6.07) is 14.1. The Morgan fingerprint density at radius 2 is 1.34 bits per heavy atom. The quantitative estimate of drug-likeness (QED) is 0.274. The van der Waals surface area contributed by atoms with Crippen molar-refractivity contribution in [3.05, 3.63) is 70.6 Å². The molecule has 0 saturated heterocycles. The zero-order chi connectivity index (χ0) is 30.8. The third kappa shape index (κ3) is 7.84. The highest BCUT2D eigenvalue weighted by Crippen LogP contribution is 2.40. The van der Waals surface area contributed by atoms with E-state index < -0.39 is 20.0 Å². The lowest BCUT2D eigenvalue weighted by Gasteiger charge is -2.36. The first-order valence-electron chi connectivity index (χ1n) is 14.0. The van der Waals surface area contributed by atoms with Gasteiger partial charge in [-0.15, -0.1) is 4.99 Å². The summed E-state index contributed by atoms with van der Waals surface area (Å²) in [7, 11) is 5.10. The van der Waals surface area contributed by atoms with Crippen LogP contribution in [0.25, 0.3) is 0 Å². The van der Waals surface area contributed by atoms with Crippen LogP contribution in [-0.2, 0) is 31.7 Å². The van der Waals surface area contributed by atoms with Crippen molar-refractivity contribution >= 4 is 14.4 Å². The first-order valence-corrected chi connectivity index (χ1v) is 16.9. The molecule has 0 radical (unpaired) electrons. The van der Waals surface area contributed by atoms with Crippen molar-refractivity contribution in [2.45, 2.75) is 78.1 Å². The number of carbonyl (C=O) groups excluding carboxylic acids is 1. The molecule has 41 heavy (non-hydrogen) atoms. The van der Waals surface area contributed by atoms with Gasteiger partial charge in [-0.2, -0.15) is 0 Å². The summed E-state index contributed by atoms with van der Waals surface area (Å²) < 4.78 is 27.1. The number of methoxy groups -OCH3 is 2. The fourth-order valence-corrected chi connectivity index (χ4v) is 5.30. The van der Waals surface area contributed by atoms with Crippen molar-refractivity contribution in [2.24, 2.45) is 19.1 Å². The van der Waals surface area contributed by atoms with Crippen LogP contribution in [0.2, 0.25) is 18.1 Å². The van der Waals surface area contributed by atoms with E-state index in [2.05, 4.69) is 63.1 Å². The van der Waals surface area contributed by atoms with Crippen molar-refractivity contribution < 1.29 is 23.4 Å². The number of nitrogens with zero attached hydrogens (tertiary/aromatic N) is 3. The lowest BCUT2D eigenvalue weighted by atomic mass is 10.0. The summed E-state index contributed by atoms with van der Waals surface area (Å²) in [4.78, 5) is 17.1. The van der Waals surface area contributed by atoms with Crippen LogP contribution in [0.1, 0.15) is 64.1 Å². The molecule has 1 amide bonds. The smallest absolute Gasteiger partial charge is 0.437 e. The zero-order valence-electron chi connectivity index (χ0n) is 26.8. The van der Waals surface area contributed by atoms with Gasteiger partial charge in [-0.3, -0.25) is 0 Å². The van der Waals surface area contributed by atoms with Crippen LogP contribution in [0.3, 0.4) is 0 Å². The number of aromatic nitrogens is 2. The van der Waals surface area contributed by atoms with E-state index in [4.69, 9.17) is 18.6 Å². The van der Waals surface area contributed by atoms with Crippen molar-refractivity contribution in [1.82, 2.24) is 9.13 Å². The maximum Gasteiger partial charge on any atom is 0.437 e. The molecule has 0 unspecified atom stereocenters. The predicted molar refractivity (Wildman–Crippen MR) is 166 cm³/mol. The largest absolute Gasteiger partial charge is 0.541 e. The van der Waals surface area contributed by atoms with Gasteiger partial charge in [0.05, 0.1) is 14.2 Å². The number of imidazole rings is 1. The molecule has 3 rings (SSSR count). The molecule has 1 aromatic heterocycles. The van der Waals surface area contributed by atoms with E-state index in [0.29, 0.717) is 18.5 Å². The Morgan fingerprint density at radius 1 is 0.805 bits per heavy atom. The first-order chi connectivity index (χ1) is 19.0. The molecule has 0 saturated carbocycles. The SMILES string of the molecule is COc1ccc(Cc2c(Cc3ccc(OC)c(O[Si](C)(C)C(C)(C)C)c3)n(C)/c(=N/C(=O)OC(C)(C)C)n2C)cc1. The zero-order valence-corrected chi connectivity index (χ0v) is 27.8. The summed E-state index contributed by atoms with van der Waals surface area (Å²) in [5, 5.41) is 0.0451. The summed E-state index contributed by atoms with van der Waals surface area (Å²) in [6.07, 6.45) is 0.639. The second kappa shape index (κ2) is 12.2. The van der Waals surface area contributed by atoms with Crippen LogP contribution in [0.5, 0.6) is 17.2 Å². The molecule has 0 spiro atoms. The van der Waals surface area contributed by atoms with Gasteiger partial charge in [0.1, 0.15) is 17.1 Å². The Morgan fingerprint density at radius 3 is 1.83 bits per heavy atom. The topological polar surface area (TPSA) is 76.2 Å². The van der Waals surface area contributed by atoms with Crippen LogP contribution in [-0.4, -0.2) is 43.4 Å². The molecule has 0 N–H and O–H groups in total. The predicted octanol–water partition coefficient (Wildman–Crippen LogP) is 6.78. The Labute approximate surface area is 246 Å². The number of hydrogen-bond acceptors (Lipinski definition) is 5. The molecule has 0 aliphatic rings. The number of rotatable bonds is 8. The lowest BCUT2D eigenvalue weighted by Crippen LogP contribution is -2.43. The monoisotopic (exact) mass is 581 g/mol. The van der Waals surface area contributed by atoms with Crippen molar-refractivity contribution in [3.63, 3.8) is 0 Å². The van der Waals surface area contributed by atoms with Gasteiger partial charge >= 0.3 is 6.09 Å². The van der Waals surface area contributed by atoms with E-state index in [0.717, 1.165) is 39.8 Å². The van der Waals surface area contributed by atoms with Crippen molar-refractivity contribution in [1.29, 1.82) is 0 Å². The van der Waals surface area contributed by atoms with Gasteiger partial charge in [-0.1, -0.05) is 39.0 Å². The van der Waals surface area contributed by atoms with E-state index in [-0.39, 0.29) is 5.04 Å². The molecule has 0 aliphatic carbocycles. The highest BCUT2D eigenvalue weighted by molar-refractivity contribution is 6.74. The van der Waals surface area contributed by atoms with Gasteiger partial charge in [-0.25, -0.2) is 4.79 Å². The minimum absolute atomic E-state index is 0.0451. The van der Waals surface area contributed by atoms with Crippen LogP contribution >= 0.6 is 0 Å². The van der Waals surface area contributed by atoms with Gasteiger partial charge in [0, 0.05) is 38.3 Å². The van der Waals surface area contributed by atoms with E-state index >= 15 is 0 Å². The summed E-state index contributed by atoms with van der Waals surface area (Å²) in [5.41, 5.74) is 4.15. The van der Waals surface area contributed by atoms with Gasteiger partial charge < -0.3 is 27.8 Å². The molecule has 224 valence electrons. The maximum atomic E-state index is 12.7. The molecule has 8 nitrogen and oxygen atoms in total. The number of amides is 1. The van der Waals surface area contributed by atoms with Gasteiger partial charge in [0.25, 0.3) is 8.32 Å². The van der Waals surface area contributed by atoms with Crippen LogP contribution in [0.15, 0.2) is 47.5 Å². The van der Waals surface area contributed by atoms with E-state index in [1.807, 2.05) is 62.2 Å². The van der Waals surface area contributed by atoms with Crippen molar-refractivity contribution in [2.75, 3.05) is 14.2 Å². The summed E-state index contributed by atoms with van der Waals surface area (Å²) in [5.74, 6) is 2.28. The van der Waals surface area contributed by atoms with E-state index in [9.17, 15) is 4.79 Å². The molecule has 0 fully saturated rings. The standard InChI is InChI=1S/C32H47N3O5Si/c1-31(2,3)39-30(36)33-29-34(7)25(19-22-13-16-24(37-9)17-14-22)26(35(29)8)20-23-15-18-27(38-10)28(21-23)40-41(11,12)32(4,5)6/h13-18,21H,19-20H2,1-12H3/b33-29+. The molecule has 3 aromatic rings. The molecule has 0 atom stereocenters. The highest BCUT2D eigenvalue weighted by Gasteiger charge is 2.39. The molecule has 2 aromatic carbocycles. The lowest BCUT2D eigenvalue weighted by molar-refractivity contribution is 0.0593. The van der Waals surface area contributed by atoms with Crippen LogP contribution < -0.4 is 19.5 Å². The highest BCUT2D eigenvalue weighted by atomic mass is 28.4. The minimum atomic E-state index is -2.10. The maximum absolute atomic E-state index is 12.7. The third-order valence-electron chi connectivity index (χ3n) is 7.63. The molecular weight excluding hydrogens is 534 g/mol. The molecule has 0 bridgehead atoms. The molecule has 1 heterocycles. The Balaban J connectivity index is 2.11. The fourth-order valence-electron chi connectivity index (χ4n) is 4.28. The van der Waals surface area contributed by atoms with Crippen LogP contribution in [0, 0.1) is 0 Å². The molecule has 0 aliphatic heterocycles. The van der Waals surface area contributed by atoms with Gasteiger partial charge in [0.15, 0.2) is 5.75 Å². The summed E-state index contributed by atoms with van der Waals surface area (Å²) in [6.45, 7) is 16.6. The Hall–Kier alpha value is -3.46. The Bertz CT molecular complexity index is 1440. The van der Waals surface area contributed by atoms with Crippen LogP contribution in [0.4, 0.5) is 4.79 Å².